The van der Waals surface area contributed by atoms with E-state index >= 15 is 0 Å². The summed E-state index contributed by atoms with van der Waals surface area (Å²) in [6.07, 6.45) is 1.35. The van der Waals surface area contributed by atoms with E-state index in [1.54, 1.807) is 6.92 Å². The minimum Gasteiger partial charge on any atom is -0.338 e. The van der Waals surface area contributed by atoms with Gasteiger partial charge < -0.3 is 4.90 Å². The van der Waals surface area contributed by atoms with Crippen LogP contribution in [0.1, 0.15) is 45.7 Å². The van der Waals surface area contributed by atoms with Gasteiger partial charge in [0.1, 0.15) is 10.7 Å². The van der Waals surface area contributed by atoms with Gasteiger partial charge in [-0.05, 0) is 39.2 Å². The van der Waals surface area contributed by atoms with Gasteiger partial charge in [0.05, 0.1) is 16.1 Å². The molecule has 5 heteroatoms. The molecular formula is C19H22N2O2S. The normalized spacial score (nSPS) is 16.9. The maximum atomic E-state index is 12.8. The highest BCUT2D eigenvalue weighted by Gasteiger charge is 2.41. The van der Waals surface area contributed by atoms with E-state index in [1.165, 1.54) is 11.3 Å². The number of carbonyl (C=O) groups excluding carboxylic acids is 2. The summed E-state index contributed by atoms with van der Waals surface area (Å²) < 4.78 is 0. The fourth-order valence-corrected chi connectivity index (χ4v) is 4.45. The third kappa shape index (κ3) is 2.88. The van der Waals surface area contributed by atoms with E-state index in [4.69, 9.17) is 0 Å². The molecule has 1 aromatic carbocycles. The van der Waals surface area contributed by atoms with Crippen LogP contribution in [0.15, 0.2) is 30.3 Å². The molecule has 1 aliphatic heterocycles. The number of amides is 1. The van der Waals surface area contributed by atoms with Crippen LogP contribution in [0.3, 0.4) is 0 Å². The molecule has 0 saturated carbocycles. The Balaban J connectivity index is 1.80. The molecule has 1 aliphatic rings. The minimum atomic E-state index is -0.462. The molecule has 0 atom stereocenters. The molecular weight excluding hydrogens is 320 g/mol. The summed E-state index contributed by atoms with van der Waals surface area (Å²) in [6, 6.07) is 9.96. The fraction of sp³-hybridized carbons (Fsp3) is 0.421. The lowest BCUT2D eigenvalue weighted by Crippen LogP contribution is -2.48. The monoisotopic (exact) mass is 342 g/mol. The molecule has 24 heavy (non-hydrogen) atoms. The number of hydrogen-bond donors (Lipinski definition) is 0. The van der Waals surface area contributed by atoms with Gasteiger partial charge in [-0.3, -0.25) is 9.59 Å². The van der Waals surface area contributed by atoms with Gasteiger partial charge in [0, 0.05) is 13.1 Å². The SMILES string of the molecule is CC(=O)C1(c2ccccc2)CCN(C(=O)c2sc(C)nc2C)CC1. The second-order valence-electron chi connectivity index (χ2n) is 6.44. The average molecular weight is 342 g/mol. The highest BCUT2D eigenvalue weighted by molar-refractivity contribution is 7.13. The first kappa shape index (κ1) is 16.8. The molecule has 2 aromatic rings. The lowest BCUT2D eigenvalue weighted by molar-refractivity contribution is -0.124. The van der Waals surface area contributed by atoms with E-state index in [0.717, 1.165) is 21.1 Å². The Morgan fingerprint density at radius 3 is 2.25 bits per heavy atom. The molecule has 4 nitrogen and oxygen atoms in total. The van der Waals surface area contributed by atoms with Crippen molar-refractivity contribution >= 4 is 23.0 Å². The summed E-state index contributed by atoms with van der Waals surface area (Å²) in [6.45, 7) is 6.67. The molecule has 2 heterocycles. The van der Waals surface area contributed by atoms with E-state index < -0.39 is 5.41 Å². The highest BCUT2D eigenvalue weighted by atomic mass is 32.1. The zero-order valence-electron chi connectivity index (χ0n) is 14.3. The number of likely N-dealkylation sites (tertiary alicyclic amines) is 1. The molecule has 0 spiro atoms. The van der Waals surface area contributed by atoms with E-state index in [0.29, 0.717) is 25.9 Å². The van der Waals surface area contributed by atoms with Gasteiger partial charge in [-0.1, -0.05) is 30.3 Å². The second kappa shape index (κ2) is 6.48. The van der Waals surface area contributed by atoms with Crippen LogP contribution in [0.25, 0.3) is 0 Å². The van der Waals surface area contributed by atoms with Gasteiger partial charge in [-0.2, -0.15) is 0 Å². The van der Waals surface area contributed by atoms with Crippen molar-refractivity contribution in [1.29, 1.82) is 0 Å². The first-order valence-corrected chi connectivity index (χ1v) is 9.05. The van der Waals surface area contributed by atoms with Gasteiger partial charge in [-0.25, -0.2) is 4.98 Å². The number of ketones is 1. The Morgan fingerprint density at radius 2 is 1.75 bits per heavy atom. The van der Waals surface area contributed by atoms with Crippen molar-refractivity contribution in [3.05, 3.63) is 51.5 Å². The number of nitrogens with zero attached hydrogens (tertiary/aromatic N) is 2. The molecule has 0 N–H and O–H groups in total. The van der Waals surface area contributed by atoms with Gasteiger partial charge >= 0.3 is 0 Å². The molecule has 0 unspecified atom stereocenters. The predicted octanol–water partition coefficient (Wildman–Crippen LogP) is 3.52. The summed E-state index contributed by atoms with van der Waals surface area (Å²) in [5, 5.41) is 0.912. The molecule has 0 radical (unpaired) electrons. The van der Waals surface area contributed by atoms with Crippen LogP contribution in [0.5, 0.6) is 0 Å². The molecule has 1 fully saturated rings. The molecule has 1 amide bonds. The van der Waals surface area contributed by atoms with Crippen LogP contribution < -0.4 is 0 Å². The topological polar surface area (TPSA) is 50.3 Å². The van der Waals surface area contributed by atoms with Crippen molar-refractivity contribution in [3.63, 3.8) is 0 Å². The van der Waals surface area contributed by atoms with Gasteiger partial charge in [0.2, 0.25) is 0 Å². The van der Waals surface area contributed by atoms with Crippen molar-refractivity contribution < 1.29 is 9.59 Å². The number of rotatable bonds is 3. The first-order chi connectivity index (χ1) is 11.4. The number of hydrogen-bond acceptors (Lipinski definition) is 4. The van der Waals surface area contributed by atoms with Crippen LogP contribution >= 0.6 is 11.3 Å². The van der Waals surface area contributed by atoms with E-state index in [2.05, 4.69) is 4.98 Å². The summed E-state index contributed by atoms with van der Waals surface area (Å²) in [5.74, 6) is 0.230. The number of piperidine rings is 1. The molecule has 1 saturated heterocycles. The van der Waals surface area contributed by atoms with Crippen molar-refractivity contribution in [2.45, 2.75) is 39.0 Å². The Kier molecular flexibility index (Phi) is 4.54. The molecule has 1 aromatic heterocycles. The zero-order valence-corrected chi connectivity index (χ0v) is 15.2. The Morgan fingerprint density at radius 1 is 1.12 bits per heavy atom. The number of Topliss-reactive ketones (excluding diaryl/α,β-unsaturated/α-hetero) is 1. The average Bonchev–Trinajstić information content (AvgIpc) is 2.93. The third-order valence-corrected chi connectivity index (χ3v) is 6.06. The largest absolute Gasteiger partial charge is 0.338 e. The Bertz CT molecular complexity index is 759. The number of aryl methyl sites for hydroxylation is 2. The Hall–Kier alpha value is -2.01. The number of thiazole rings is 1. The molecule has 126 valence electrons. The summed E-state index contributed by atoms with van der Waals surface area (Å²) in [4.78, 5) is 32.1. The number of benzene rings is 1. The molecule has 0 bridgehead atoms. The quantitative estimate of drug-likeness (QED) is 0.857. The van der Waals surface area contributed by atoms with Gasteiger partial charge in [0.15, 0.2) is 0 Å². The van der Waals surface area contributed by atoms with Crippen LogP contribution in [-0.4, -0.2) is 34.7 Å². The molecule has 0 aliphatic carbocycles. The van der Waals surface area contributed by atoms with Crippen molar-refractivity contribution in [2.75, 3.05) is 13.1 Å². The van der Waals surface area contributed by atoms with E-state index in [1.807, 2.05) is 49.1 Å². The van der Waals surface area contributed by atoms with E-state index in [-0.39, 0.29) is 11.7 Å². The fourth-order valence-electron chi connectivity index (χ4n) is 3.57. The highest BCUT2D eigenvalue weighted by Crippen LogP contribution is 2.37. The summed E-state index contributed by atoms with van der Waals surface area (Å²) >= 11 is 1.45. The molecule has 3 rings (SSSR count). The van der Waals surface area contributed by atoms with Crippen molar-refractivity contribution in [3.8, 4) is 0 Å². The minimum absolute atomic E-state index is 0.0447. The van der Waals surface area contributed by atoms with Crippen molar-refractivity contribution in [1.82, 2.24) is 9.88 Å². The first-order valence-electron chi connectivity index (χ1n) is 8.24. The number of carbonyl (C=O) groups is 2. The van der Waals surface area contributed by atoms with Gasteiger partial charge in [-0.15, -0.1) is 11.3 Å². The lowest BCUT2D eigenvalue weighted by atomic mass is 9.70. The number of aromatic nitrogens is 1. The Labute approximate surface area is 146 Å². The van der Waals surface area contributed by atoms with Crippen LogP contribution in [0.2, 0.25) is 0 Å². The smallest absolute Gasteiger partial charge is 0.265 e. The van der Waals surface area contributed by atoms with E-state index in [9.17, 15) is 9.59 Å². The second-order valence-corrected chi connectivity index (χ2v) is 7.65. The predicted molar refractivity (Wildman–Crippen MR) is 95.5 cm³/mol. The van der Waals surface area contributed by atoms with Gasteiger partial charge in [0.25, 0.3) is 5.91 Å². The van der Waals surface area contributed by atoms with Crippen LogP contribution in [0.4, 0.5) is 0 Å². The van der Waals surface area contributed by atoms with Crippen molar-refractivity contribution in [2.24, 2.45) is 0 Å². The maximum Gasteiger partial charge on any atom is 0.265 e. The maximum absolute atomic E-state index is 12.8. The van der Waals surface area contributed by atoms with Crippen LogP contribution in [-0.2, 0) is 10.2 Å². The standard InChI is InChI=1S/C19H22N2O2S/c1-13-17(24-15(3)20-13)18(23)21-11-9-19(10-12-21,14(2)22)16-7-5-4-6-8-16/h4-8H,9-12H2,1-3H3. The zero-order chi connectivity index (χ0) is 17.3. The lowest BCUT2D eigenvalue weighted by Gasteiger charge is -2.40. The third-order valence-electron chi connectivity index (χ3n) is 5.00. The summed E-state index contributed by atoms with van der Waals surface area (Å²) in [5.41, 5.74) is 1.40. The van der Waals surface area contributed by atoms with Crippen LogP contribution in [0, 0.1) is 13.8 Å². The summed E-state index contributed by atoms with van der Waals surface area (Å²) in [7, 11) is 0.